The van der Waals surface area contributed by atoms with Gasteiger partial charge in [-0.3, -0.25) is 5.01 Å². The zero-order valence-electron chi connectivity index (χ0n) is 12.4. The first-order valence-corrected chi connectivity index (χ1v) is 6.89. The molecule has 0 aromatic heterocycles. The fraction of sp³-hybridized carbons (Fsp3) is 0.118. The summed E-state index contributed by atoms with van der Waals surface area (Å²) in [4.78, 5) is 16.7. The third-order valence-corrected chi connectivity index (χ3v) is 3.34. The summed E-state index contributed by atoms with van der Waals surface area (Å²) in [6.45, 7) is 2.02. The van der Waals surface area contributed by atoms with Crippen molar-refractivity contribution in [2.45, 2.75) is 6.92 Å². The van der Waals surface area contributed by atoms with Gasteiger partial charge in [0.15, 0.2) is 0 Å². The van der Waals surface area contributed by atoms with E-state index in [1.807, 2.05) is 61.5 Å². The number of nitrogens with zero attached hydrogens (tertiary/aromatic N) is 3. The Hall–Kier alpha value is -2.95. The largest absolute Gasteiger partial charge is 0.388 e. The minimum Gasteiger partial charge on any atom is -0.310 e. The Kier molecular flexibility index (Phi) is 3.70. The summed E-state index contributed by atoms with van der Waals surface area (Å²) in [6.07, 6.45) is 0. The molecule has 0 saturated heterocycles. The van der Waals surface area contributed by atoms with E-state index in [4.69, 9.17) is 4.84 Å². The first-order chi connectivity index (χ1) is 10.6. The molecule has 110 valence electrons. The Morgan fingerprint density at radius 2 is 1.73 bits per heavy atom. The number of aryl methyl sites for hydroxylation is 1. The quantitative estimate of drug-likeness (QED) is 0.646. The van der Waals surface area contributed by atoms with E-state index in [0.717, 1.165) is 16.8 Å². The number of carbonyl (C=O) groups is 1. The highest BCUT2D eigenvalue weighted by Crippen LogP contribution is 2.16. The average molecular weight is 293 g/mol. The van der Waals surface area contributed by atoms with Gasteiger partial charge in [-0.15, -0.1) is 0 Å². The van der Waals surface area contributed by atoms with E-state index in [-0.39, 0.29) is 5.71 Å². The lowest BCUT2D eigenvalue weighted by molar-refractivity contribution is -0.134. The Labute approximate surface area is 128 Å². The Balaban J connectivity index is 1.92. The van der Waals surface area contributed by atoms with Gasteiger partial charge >= 0.3 is 5.97 Å². The van der Waals surface area contributed by atoms with Crippen LogP contribution >= 0.6 is 0 Å². The number of hydrogen-bond donors (Lipinski definition) is 0. The number of anilines is 1. The van der Waals surface area contributed by atoms with E-state index in [1.54, 1.807) is 12.1 Å². The van der Waals surface area contributed by atoms with Crippen LogP contribution in [0.5, 0.6) is 0 Å². The van der Waals surface area contributed by atoms with Crippen molar-refractivity contribution in [2.75, 3.05) is 12.1 Å². The molecule has 5 nitrogen and oxygen atoms in total. The molecule has 0 saturated carbocycles. The number of carbonyl (C=O) groups excluding carboxylic acids is 1. The molecule has 0 aliphatic carbocycles. The number of hydrazone groups is 1. The van der Waals surface area contributed by atoms with Gasteiger partial charge in [0.1, 0.15) is 5.71 Å². The predicted molar refractivity (Wildman–Crippen MR) is 86.1 cm³/mol. The van der Waals surface area contributed by atoms with Gasteiger partial charge in [-0.1, -0.05) is 53.2 Å². The zero-order valence-corrected chi connectivity index (χ0v) is 12.4. The summed E-state index contributed by atoms with van der Waals surface area (Å²) in [5, 5.41) is 9.84. The van der Waals surface area contributed by atoms with Crippen LogP contribution in [0.3, 0.4) is 0 Å². The minimum atomic E-state index is -0.544. The van der Waals surface area contributed by atoms with E-state index in [2.05, 4.69) is 10.3 Å². The number of benzene rings is 2. The van der Waals surface area contributed by atoms with Gasteiger partial charge in [0.2, 0.25) is 5.71 Å². The van der Waals surface area contributed by atoms with Gasteiger partial charge in [0, 0.05) is 12.6 Å². The van der Waals surface area contributed by atoms with Crippen molar-refractivity contribution in [3.63, 3.8) is 0 Å². The minimum absolute atomic E-state index is 0.203. The maximum absolute atomic E-state index is 11.9. The molecule has 2 aromatic carbocycles. The van der Waals surface area contributed by atoms with Crippen molar-refractivity contribution in [1.82, 2.24) is 0 Å². The van der Waals surface area contributed by atoms with Crippen molar-refractivity contribution in [3.8, 4) is 0 Å². The molecule has 1 heterocycles. The van der Waals surface area contributed by atoms with Crippen molar-refractivity contribution in [2.24, 2.45) is 10.3 Å². The van der Waals surface area contributed by atoms with Gasteiger partial charge in [-0.25, -0.2) is 4.79 Å². The first-order valence-electron chi connectivity index (χ1n) is 6.89. The first kappa shape index (κ1) is 14.0. The molecule has 22 heavy (non-hydrogen) atoms. The van der Waals surface area contributed by atoms with Crippen LogP contribution in [-0.2, 0) is 9.63 Å². The van der Waals surface area contributed by atoms with Crippen molar-refractivity contribution in [1.29, 1.82) is 0 Å². The predicted octanol–water partition coefficient (Wildman–Crippen LogP) is 2.75. The second-order valence-corrected chi connectivity index (χ2v) is 4.99. The van der Waals surface area contributed by atoms with Crippen LogP contribution in [0.1, 0.15) is 11.1 Å². The van der Waals surface area contributed by atoms with Crippen LogP contribution in [0.25, 0.3) is 0 Å². The SMILES string of the molecule is Cc1ccc(N(C)/N=C2\C(=O)ON=C2c2ccccc2)cc1. The van der Waals surface area contributed by atoms with Gasteiger partial charge in [-0.2, -0.15) is 5.10 Å². The van der Waals surface area contributed by atoms with Gasteiger partial charge < -0.3 is 4.84 Å². The number of oxime groups is 1. The van der Waals surface area contributed by atoms with E-state index in [9.17, 15) is 4.79 Å². The maximum atomic E-state index is 11.9. The van der Waals surface area contributed by atoms with Crippen LogP contribution in [0.4, 0.5) is 5.69 Å². The number of rotatable bonds is 3. The smallest absolute Gasteiger partial charge is 0.310 e. The van der Waals surface area contributed by atoms with Crippen LogP contribution in [0.15, 0.2) is 64.9 Å². The van der Waals surface area contributed by atoms with E-state index < -0.39 is 5.97 Å². The summed E-state index contributed by atoms with van der Waals surface area (Å²) in [5.41, 5.74) is 3.49. The summed E-state index contributed by atoms with van der Waals surface area (Å²) in [5.74, 6) is -0.544. The molecule has 0 unspecified atom stereocenters. The van der Waals surface area contributed by atoms with Crippen molar-refractivity contribution in [3.05, 3.63) is 65.7 Å². The molecule has 5 heteroatoms. The standard InChI is InChI=1S/C17H15N3O2/c1-12-8-10-14(11-9-12)20(2)18-16-15(19-22-17(16)21)13-6-4-3-5-7-13/h3-11H,1-2H3/b18-16-. The zero-order chi connectivity index (χ0) is 15.5. The van der Waals surface area contributed by atoms with E-state index >= 15 is 0 Å². The second kappa shape index (κ2) is 5.81. The van der Waals surface area contributed by atoms with Crippen LogP contribution in [0, 0.1) is 6.92 Å². The fourth-order valence-electron chi connectivity index (χ4n) is 2.11. The molecule has 0 amide bonds. The third-order valence-electron chi connectivity index (χ3n) is 3.34. The van der Waals surface area contributed by atoms with Gasteiger partial charge in [0.05, 0.1) is 5.69 Å². The molecular weight excluding hydrogens is 278 g/mol. The van der Waals surface area contributed by atoms with Crippen molar-refractivity contribution < 1.29 is 9.63 Å². The lowest BCUT2D eigenvalue weighted by Crippen LogP contribution is -2.24. The average Bonchev–Trinajstić information content (AvgIpc) is 2.90. The van der Waals surface area contributed by atoms with Crippen molar-refractivity contribution >= 4 is 23.1 Å². The fourth-order valence-corrected chi connectivity index (χ4v) is 2.11. The maximum Gasteiger partial charge on any atom is 0.388 e. The molecule has 1 aliphatic rings. The van der Waals surface area contributed by atoms with E-state index in [0.29, 0.717) is 5.71 Å². The Morgan fingerprint density at radius 3 is 2.41 bits per heavy atom. The molecular formula is C17H15N3O2. The molecule has 0 bridgehead atoms. The summed E-state index contributed by atoms with van der Waals surface area (Å²) in [6, 6.07) is 17.2. The molecule has 2 aromatic rings. The number of hydrogen-bond acceptors (Lipinski definition) is 5. The monoisotopic (exact) mass is 293 g/mol. The molecule has 0 spiro atoms. The third kappa shape index (κ3) is 2.74. The van der Waals surface area contributed by atoms with Crippen LogP contribution < -0.4 is 5.01 Å². The molecule has 3 rings (SSSR count). The topological polar surface area (TPSA) is 54.3 Å². The molecule has 0 radical (unpaired) electrons. The lowest BCUT2D eigenvalue weighted by Gasteiger charge is -2.13. The van der Waals surface area contributed by atoms with Crippen LogP contribution in [-0.4, -0.2) is 24.4 Å². The van der Waals surface area contributed by atoms with Gasteiger partial charge in [-0.05, 0) is 19.1 Å². The molecule has 0 fully saturated rings. The van der Waals surface area contributed by atoms with Crippen LogP contribution in [0.2, 0.25) is 0 Å². The Bertz CT molecular complexity index is 749. The molecule has 0 N–H and O–H groups in total. The highest BCUT2D eigenvalue weighted by atomic mass is 16.7. The highest BCUT2D eigenvalue weighted by Gasteiger charge is 2.29. The Morgan fingerprint density at radius 1 is 1.05 bits per heavy atom. The normalized spacial score (nSPS) is 15.6. The molecule has 1 aliphatic heterocycles. The summed E-state index contributed by atoms with van der Waals surface area (Å²) >= 11 is 0. The summed E-state index contributed by atoms with van der Waals surface area (Å²) < 4.78 is 0. The highest BCUT2D eigenvalue weighted by molar-refractivity contribution is 6.70. The van der Waals surface area contributed by atoms with E-state index in [1.165, 1.54) is 0 Å². The second-order valence-electron chi connectivity index (χ2n) is 4.99. The molecule has 0 atom stereocenters. The van der Waals surface area contributed by atoms with Gasteiger partial charge in [0.25, 0.3) is 0 Å². The summed E-state index contributed by atoms with van der Waals surface area (Å²) in [7, 11) is 1.78. The lowest BCUT2D eigenvalue weighted by atomic mass is 10.1.